The fraction of sp³-hybridized carbons (Fsp3) is 1.00. The van der Waals surface area contributed by atoms with E-state index in [2.05, 4.69) is 0 Å². The molecule has 60 valence electrons. The summed E-state index contributed by atoms with van der Waals surface area (Å²) in [6.07, 6.45) is 2.31. The molecule has 0 nitrogen and oxygen atoms in total. The number of hydrogen-bond donors (Lipinski definition) is 0. The Morgan fingerprint density at radius 1 is 1.10 bits per heavy atom. The first-order valence-electron chi connectivity index (χ1n) is 3.18. The molecule has 10 heavy (non-hydrogen) atoms. The minimum Gasteiger partial charge on any atom is -0.123 e. The smallest absolute Gasteiger partial charge is 0.123 e. The van der Waals surface area contributed by atoms with E-state index >= 15 is 0 Å². The molecular formula is C6H8Cl4. The highest BCUT2D eigenvalue weighted by molar-refractivity contribution is 6.52. The molecule has 1 rings (SSSR count). The quantitative estimate of drug-likeness (QED) is 0.549. The van der Waals surface area contributed by atoms with E-state index < -0.39 is 4.33 Å². The first-order valence-corrected chi connectivity index (χ1v) is 4.81. The molecule has 0 saturated heterocycles. The molecule has 0 spiro atoms. The average Bonchev–Trinajstić information content (AvgIpc) is 1.78. The van der Waals surface area contributed by atoms with E-state index in [0.717, 1.165) is 12.8 Å². The van der Waals surface area contributed by atoms with Crippen LogP contribution in [-0.4, -0.2) is 15.1 Å². The van der Waals surface area contributed by atoms with Gasteiger partial charge < -0.3 is 0 Å². The maximum atomic E-state index is 5.87. The molecule has 0 aromatic heterocycles. The van der Waals surface area contributed by atoms with Gasteiger partial charge in [-0.1, -0.05) is 23.2 Å². The zero-order valence-electron chi connectivity index (χ0n) is 5.29. The lowest BCUT2D eigenvalue weighted by Gasteiger charge is -2.32. The van der Waals surface area contributed by atoms with E-state index in [0.29, 0.717) is 6.42 Å². The predicted molar refractivity (Wildman–Crippen MR) is 47.6 cm³/mol. The van der Waals surface area contributed by atoms with Crippen molar-refractivity contribution in [3.63, 3.8) is 0 Å². The van der Waals surface area contributed by atoms with Crippen LogP contribution in [0.4, 0.5) is 0 Å². The van der Waals surface area contributed by atoms with Crippen molar-refractivity contribution in [3.8, 4) is 0 Å². The van der Waals surface area contributed by atoms with Gasteiger partial charge in [-0.3, -0.25) is 0 Å². The summed E-state index contributed by atoms with van der Waals surface area (Å²) in [6, 6.07) is 0. The molecule has 2 atom stereocenters. The van der Waals surface area contributed by atoms with E-state index in [-0.39, 0.29) is 10.8 Å². The summed E-state index contributed by atoms with van der Waals surface area (Å²) in [5.41, 5.74) is 0. The van der Waals surface area contributed by atoms with Crippen LogP contribution in [-0.2, 0) is 0 Å². The number of alkyl halides is 4. The first-order chi connectivity index (χ1) is 4.52. The number of halogens is 4. The van der Waals surface area contributed by atoms with Crippen molar-refractivity contribution in [1.82, 2.24) is 0 Å². The third-order valence-corrected chi connectivity index (χ3v) is 3.71. The summed E-state index contributed by atoms with van der Waals surface area (Å²) < 4.78 is -0.813. The molecule has 1 fully saturated rings. The van der Waals surface area contributed by atoms with E-state index in [1.807, 2.05) is 0 Å². The van der Waals surface area contributed by atoms with Crippen LogP contribution in [0.5, 0.6) is 0 Å². The third-order valence-electron chi connectivity index (χ3n) is 1.69. The van der Waals surface area contributed by atoms with Gasteiger partial charge in [0.15, 0.2) is 0 Å². The maximum absolute atomic E-state index is 5.87. The van der Waals surface area contributed by atoms with E-state index in [1.54, 1.807) is 0 Å². The zero-order chi connectivity index (χ0) is 7.78. The summed E-state index contributed by atoms with van der Waals surface area (Å²) in [5.74, 6) is 0. The molecule has 1 aliphatic rings. The van der Waals surface area contributed by atoms with Crippen LogP contribution in [0.15, 0.2) is 0 Å². The van der Waals surface area contributed by atoms with Gasteiger partial charge in [-0.2, -0.15) is 0 Å². The Bertz CT molecular complexity index is 123. The highest BCUT2D eigenvalue weighted by atomic mass is 35.5. The molecule has 0 radical (unpaired) electrons. The first kappa shape index (κ1) is 9.25. The van der Waals surface area contributed by atoms with Crippen molar-refractivity contribution in [2.75, 3.05) is 0 Å². The summed E-state index contributed by atoms with van der Waals surface area (Å²) in [5, 5.41) is -0.0594. The fourth-order valence-electron chi connectivity index (χ4n) is 1.06. The second kappa shape index (κ2) is 3.26. The van der Waals surface area contributed by atoms with Gasteiger partial charge in [-0.25, -0.2) is 0 Å². The van der Waals surface area contributed by atoms with Crippen molar-refractivity contribution in [2.45, 2.75) is 34.3 Å². The van der Waals surface area contributed by atoms with Crippen LogP contribution in [0, 0.1) is 0 Å². The Kier molecular flexibility index (Phi) is 3.02. The highest BCUT2D eigenvalue weighted by Gasteiger charge is 2.39. The lowest BCUT2D eigenvalue weighted by molar-refractivity contribution is 0.492. The Morgan fingerprint density at radius 2 is 1.70 bits per heavy atom. The monoisotopic (exact) mass is 220 g/mol. The molecule has 0 aromatic carbocycles. The number of rotatable bonds is 0. The van der Waals surface area contributed by atoms with Crippen LogP contribution in [0.2, 0.25) is 0 Å². The molecule has 0 amide bonds. The van der Waals surface area contributed by atoms with Crippen molar-refractivity contribution in [3.05, 3.63) is 0 Å². The van der Waals surface area contributed by atoms with Crippen LogP contribution in [0.1, 0.15) is 19.3 Å². The molecule has 4 heteroatoms. The highest BCUT2D eigenvalue weighted by Crippen LogP contribution is 2.42. The maximum Gasteiger partial charge on any atom is 0.135 e. The molecule has 0 aliphatic heterocycles. The standard InChI is InChI=1S/C6H8Cl4/c7-4-1-2-5(8)6(9,10)3-4/h4-5H,1-3H2/t4-,5+/m1/s1. The van der Waals surface area contributed by atoms with Crippen LogP contribution >= 0.6 is 46.4 Å². The van der Waals surface area contributed by atoms with Crippen LogP contribution in [0.3, 0.4) is 0 Å². The summed E-state index contributed by atoms with van der Waals surface area (Å²) in [4.78, 5) is 0. The topological polar surface area (TPSA) is 0 Å². The van der Waals surface area contributed by atoms with Crippen LogP contribution in [0.25, 0.3) is 0 Å². The van der Waals surface area contributed by atoms with Gasteiger partial charge in [-0.15, -0.1) is 23.2 Å². The minimum absolute atomic E-state index is 0.0880. The SMILES string of the molecule is Cl[C@@H]1CC[C@H](Cl)C(Cl)(Cl)C1. The van der Waals surface area contributed by atoms with Gasteiger partial charge in [0.1, 0.15) is 4.33 Å². The Morgan fingerprint density at radius 3 is 2.10 bits per heavy atom. The molecular weight excluding hydrogens is 214 g/mol. The van der Waals surface area contributed by atoms with Crippen molar-refractivity contribution in [2.24, 2.45) is 0 Å². The lowest BCUT2D eigenvalue weighted by Crippen LogP contribution is -2.34. The molecule has 0 N–H and O–H groups in total. The Balaban J connectivity index is 2.55. The van der Waals surface area contributed by atoms with E-state index in [1.165, 1.54) is 0 Å². The van der Waals surface area contributed by atoms with E-state index in [4.69, 9.17) is 46.4 Å². The van der Waals surface area contributed by atoms with Gasteiger partial charge in [0, 0.05) is 5.38 Å². The minimum atomic E-state index is -0.813. The van der Waals surface area contributed by atoms with Crippen molar-refractivity contribution >= 4 is 46.4 Å². The molecule has 0 aromatic rings. The normalized spacial score (nSPS) is 39.6. The molecule has 0 unspecified atom stereocenters. The third kappa shape index (κ3) is 2.07. The summed E-state index contributed by atoms with van der Waals surface area (Å²) in [7, 11) is 0. The summed E-state index contributed by atoms with van der Waals surface area (Å²) in [6.45, 7) is 0. The fourth-order valence-corrected chi connectivity index (χ4v) is 2.40. The van der Waals surface area contributed by atoms with Gasteiger partial charge in [0.2, 0.25) is 0 Å². The van der Waals surface area contributed by atoms with Gasteiger partial charge in [-0.05, 0) is 19.3 Å². The van der Waals surface area contributed by atoms with Crippen molar-refractivity contribution < 1.29 is 0 Å². The molecule has 0 bridgehead atoms. The summed E-state index contributed by atoms with van der Waals surface area (Å²) >= 11 is 23.4. The second-order valence-corrected chi connectivity index (χ2v) is 5.29. The van der Waals surface area contributed by atoms with Crippen LogP contribution < -0.4 is 0 Å². The average molecular weight is 222 g/mol. The second-order valence-electron chi connectivity index (χ2n) is 2.61. The van der Waals surface area contributed by atoms with Gasteiger partial charge >= 0.3 is 0 Å². The lowest BCUT2D eigenvalue weighted by atomic mass is 9.99. The van der Waals surface area contributed by atoms with Crippen molar-refractivity contribution in [1.29, 1.82) is 0 Å². The van der Waals surface area contributed by atoms with Gasteiger partial charge in [0.05, 0.1) is 5.38 Å². The molecule has 1 saturated carbocycles. The number of hydrogen-bond acceptors (Lipinski definition) is 0. The Hall–Kier alpha value is 1.16. The zero-order valence-corrected chi connectivity index (χ0v) is 8.31. The molecule has 1 aliphatic carbocycles. The largest absolute Gasteiger partial charge is 0.135 e. The van der Waals surface area contributed by atoms with Gasteiger partial charge in [0.25, 0.3) is 0 Å². The van der Waals surface area contributed by atoms with E-state index in [9.17, 15) is 0 Å². The Labute approximate surface area is 80.8 Å². The molecule has 0 heterocycles. The predicted octanol–water partition coefficient (Wildman–Crippen LogP) is 3.56.